The molecule has 0 atom stereocenters. The fraction of sp³-hybridized carbons (Fsp3) is 0.619. The van der Waals surface area contributed by atoms with Gasteiger partial charge in [0, 0.05) is 61.6 Å². The van der Waals surface area contributed by atoms with Crippen LogP contribution in [0.2, 0.25) is 103 Å². The summed E-state index contributed by atoms with van der Waals surface area (Å²) in [6, 6.07) is 3.30. The molecule has 26 heteroatoms. The van der Waals surface area contributed by atoms with Gasteiger partial charge in [-0.05, 0) is 128 Å². The SMILES string of the molecule is C=C(CC(=O)NCCC[Si](C)(C)O[Si](C)(C)O[Si](C)(C)CCCNC(=O)CC(=C)C(=O)O)C(=O)O.C[Si](C)(CCCNC(=O)/C=C/C(=O)O)O[Si](C)(C)O[Si](C)(C)CCCNC(=O)/C=C/C(=O)O. The first kappa shape index (κ1) is 65.9. The zero-order chi connectivity index (χ0) is 53.2. The van der Waals surface area contributed by atoms with Crippen molar-refractivity contribution in [1.82, 2.24) is 21.3 Å². The Balaban J connectivity index is 0. The van der Waals surface area contributed by atoms with Crippen molar-refractivity contribution < 1.29 is 75.2 Å². The van der Waals surface area contributed by atoms with Gasteiger partial charge in [-0.1, -0.05) is 13.2 Å². The molecule has 0 heterocycles. The topological polar surface area (TPSA) is 303 Å². The summed E-state index contributed by atoms with van der Waals surface area (Å²) >= 11 is 0. The lowest BCUT2D eigenvalue weighted by Gasteiger charge is -2.39. The molecule has 0 fully saturated rings. The van der Waals surface area contributed by atoms with Gasteiger partial charge in [-0.2, -0.15) is 0 Å². The summed E-state index contributed by atoms with van der Waals surface area (Å²) in [5.41, 5.74) is -0.271. The Hall–Kier alpha value is -4.14. The maximum atomic E-state index is 11.8. The summed E-state index contributed by atoms with van der Waals surface area (Å²) in [7, 11) is -13.0. The number of carbonyl (C=O) groups is 8. The molecular weight excluding hydrogens is 985 g/mol. The average molecular weight is 1070 g/mol. The quantitative estimate of drug-likeness (QED) is 0.0220. The Labute approximate surface area is 408 Å². The highest BCUT2D eigenvalue weighted by atomic mass is 28.5. The van der Waals surface area contributed by atoms with Crippen molar-refractivity contribution in [2.75, 3.05) is 26.2 Å². The molecule has 0 unspecified atom stereocenters. The van der Waals surface area contributed by atoms with E-state index in [4.69, 9.17) is 36.9 Å². The highest BCUT2D eigenvalue weighted by Gasteiger charge is 2.40. The van der Waals surface area contributed by atoms with E-state index in [1.54, 1.807) is 0 Å². The minimum absolute atomic E-state index is 0.135. The Kier molecular flexibility index (Phi) is 30.2. The fourth-order valence-electron chi connectivity index (χ4n) is 6.92. The van der Waals surface area contributed by atoms with E-state index in [9.17, 15) is 38.4 Å². The molecule has 0 bridgehead atoms. The monoisotopic (exact) mass is 1060 g/mol. The van der Waals surface area contributed by atoms with Gasteiger partial charge in [0.2, 0.25) is 23.6 Å². The van der Waals surface area contributed by atoms with Gasteiger partial charge in [0.15, 0.2) is 33.3 Å². The lowest BCUT2D eigenvalue weighted by atomic mass is 10.2. The van der Waals surface area contributed by atoms with Crippen molar-refractivity contribution in [3.63, 3.8) is 0 Å². The summed E-state index contributed by atoms with van der Waals surface area (Å²) in [6.07, 6.45) is 6.07. The first-order valence-electron chi connectivity index (χ1n) is 22.4. The fourth-order valence-corrected chi connectivity index (χ4v) is 35.0. The minimum Gasteiger partial charge on any atom is -0.478 e. The molecule has 0 aromatic carbocycles. The van der Waals surface area contributed by atoms with E-state index in [0.29, 0.717) is 26.2 Å². The summed E-state index contributed by atoms with van der Waals surface area (Å²) in [6.45, 7) is 33.6. The number of hydrogen-bond acceptors (Lipinski definition) is 12. The molecule has 0 aliphatic heterocycles. The smallest absolute Gasteiger partial charge is 0.331 e. The highest BCUT2D eigenvalue weighted by molar-refractivity contribution is 6.88. The van der Waals surface area contributed by atoms with Crippen molar-refractivity contribution >= 4 is 97.9 Å². The average Bonchev–Trinajstić information content (AvgIpc) is 3.15. The van der Waals surface area contributed by atoms with Crippen molar-refractivity contribution in [1.29, 1.82) is 0 Å². The largest absolute Gasteiger partial charge is 0.478 e. The maximum Gasteiger partial charge on any atom is 0.331 e. The molecule has 0 aliphatic carbocycles. The zero-order valence-electron chi connectivity index (χ0n) is 42.3. The number of carbonyl (C=O) groups excluding carboxylic acids is 4. The van der Waals surface area contributed by atoms with Gasteiger partial charge in [-0.3, -0.25) is 19.2 Å². The number of amides is 4. The molecule has 0 rings (SSSR count). The minimum atomic E-state index is -2.41. The van der Waals surface area contributed by atoms with E-state index in [-0.39, 0.29) is 35.8 Å². The third-order valence-electron chi connectivity index (χ3n) is 9.26. The predicted molar refractivity (Wildman–Crippen MR) is 275 cm³/mol. The van der Waals surface area contributed by atoms with E-state index in [2.05, 4.69) is 86.8 Å². The third kappa shape index (κ3) is 37.8. The standard InChI is InChI=1S/C22H42N2O8Si3.C20H38N2O8Si3/c1-17(21(27)28)15-19(25)23-11-9-13-33(3,4)31-35(7,8)32-34(5,6)14-10-12-24-20(26)16-18(2)22(29)30;1-31(2,15-7-13-21-17(23)9-11-19(25)26)29-33(5,6)30-32(3,4)16-8-14-22-18(24)10-12-20(27)28/h1-2,9-16H2,3-8H3,(H,23,25)(H,24,26)(H,27,28)(H,29,30);9-12H,7-8,13-16H2,1-6H3,(H,21,23)(H,22,24)(H,25,26)(H,27,28)/b;11-9+,12-10+. The van der Waals surface area contributed by atoms with Gasteiger partial charge in [0.25, 0.3) is 0 Å². The van der Waals surface area contributed by atoms with Gasteiger partial charge < -0.3 is 58.2 Å². The van der Waals surface area contributed by atoms with Crippen LogP contribution in [0.3, 0.4) is 0 Å². The van der Waals surface area contributed by atoms with Gasteiger partial charge >= 0.3 is 41.0 Å². The van der Waals surface area contributed by atoms with E-state index in [0.717, 1.165) is 74.2 Å². The van der Waals surface area contributed by atoms with Crippen molar-refractivity contribution in [2.45, 2.75) is 141 Å². The predicted octanol–water partition coefficient (Wildman–Crippen LogP) is 5.63. The summed E-state index contributed by atoms with van der Waals surface area (Å²) in [5, 5.41) is 45.4. The van der Waals surface area contributed by atoms with Crippen LogP contribution in [-0.2, 0) is 54.8 Å². The summed E-state index contributed by atoms with van der Waals surface area (Å²) in [4.78, 5) is 88.9. The summed E-state index contributed by atoms with van der Waals surface area (Å²) < 4.78 is 26.0. The molecule has 0 radical (unpaired) electrons. The lowest BCUT2D eigenvalue weighted by molar-refractivity contribution is -0.134. The molecule has 0 saturated carbocycles. The van der Waals surface area contributed by atoms with Crippen LogP contribution in [0, 0.1) is 0 Å². The molecule has 4 amide bonds. The first-order valence-corrected chi connectivity index (χ1v) is 40.5. The van der Waals surface area contributed by atoms with Crippen molar-refractivity contribution in [3.05, 3.63) is 48.6 Å². The molecule has 0 aromatic rings. The van der Waals surface area contributed by atoms with E-state index in [1.165, 1.54) is 0 Å². The molecule has 20 nitrogen and oxygen atoms in total. The Morgan fingerprint density at radius 1 is 0.412 bits per heavy atom. The first-order chi connectivity index (χ1) is 30.9. The number of carboxylic acid groups (broad SMARTS) is 4. The van der Waals surface area contributed by atoms with Crippen LogP contribution in [-0.4, -0.2) is 145 Å². The normalized spacial score (nSPS) is 12.4. The second-order valence-corrected chi connectivity index (χ2v) is 44.4. The Bertz CT molecular complexity index is 1700. The number of aliphatic carboxylic acids is 4. The number of rotatable bonds is 34. The molecule has 8 N–H and O–H groups in total. The van der Waals surface area contributed by atoms with Crippen LogP contribution in [0.5, 0.6) is 0 Å². The van der Waals surface area contributed by atoms with Crippen LogP contribution in [0.15, 0.2) is 48.6 Å². The Morgan fingerprint density at radius 2 is 0.647 bits per heavy atom. The second kappa shape index (κ2) is 31.2. The van der Waals surface area contributed by atoms with Gasteiger partial charge in [-0.15, -0.1) is 0 Å². The third-order valence-corrected chi connectivity index (χ3v) is 32.2. The molecular formula is C42H80N4O16Si6. The van der Waals surface area contributed by atoms with E-state index in [1.807, 2.05) is 26.2 Å². The Morgan fingerprint density at radius 3 is 0.868 bits per heavy atom. The van der Waals surface area contributed by atoms with Gasteiger partial charge in [0.05, 0.1) is 12.8 Å². The van der Waals surface area contributed by atoms with E-state index >= 15 is 0 Å². The van der Waals surface area contributed by atoms with Crippen molar-refractivity contribution in [2.24, 2.45) is 0 Å². The second-order valence-electron chi connectivity index (χ2n) is 19.5. The van der Waals surface area contributed by atoms with Crippen LogP contribution in [0.4, 0.5) is 0 Å². The molecule has 68 heavy (non-hydrogen) atoms. The lowest BCUT2D eigenvalue weighted by Crippen LogP contribution is -2.52. The highest BCUT2D eigenvalue weighted by Crippen LogP contribution is 2.27. The van der Waals surface area contributed by atoms with Crippen LogP contribution in [0.25, 0.3) is 0 Å². The number of hydrogen-bond donors (Lipinski definition) is 8. The van der Waals surface area contributed by atoms with Gasteiger partial charge in [-0.25, -0.2) is 19.2 Å². The maximum absolute atomic E-state index is 11.8. The van der Waals surface area contributed by atoms with E-state index < -0.39 is 86.1 Å². The molecule has 0 saturated heterocycles. The molecule has 0 spiro atoms. The van der Waals surface area contributed by atoms with Crippen LogP contribution in [0.1, 0.15) is 38.5 Å². The molecule has 0 aliphatic rings. The number of carboxylic acids is 4. The molecule has 0 aromatic heterocycles. The number of nitrogens with one attached hydrogen (secondary N) is 4. The van der Waals surface area contributed by atoms with Crippen LogP contribution >= 0.6 is 0 Å². The van der Waals surface area contributed by atoms with Crippen molar-refractivity contribution in [3.8, 4) is 0 Å². The summed E-state index contributed by atoms with van der Waals surface area (Å²) in [5.74, 6) is -6.25. The molecule has 388 valence electrons. The van der Waals surface area contributed by atoms with Crippen LogP contribution < -0.4 is 21.3 Å². The zero-order valence-corrected chi connectivity index (χ0v) is 48.3. The van der Waals surface area contributed by atoms with Gasteiger partial charge in [0.1, 0.15) is 0 Å².